The Hall–Kier alpha value is -3.27. The topological polar surface area (TPSA) is 105 Å². The van der Waals surface area contributed by atoms with E-state index >= 15 is 0 Å². The van der Waals surface area contributed by atoms with Crippen LogP contribution in [0.15, 0.2) is 42.5 Å². The van der Waals surface area contributed by atoms with Crippen LogP contribution in [0.5, 0.6) is 11.5 Å². The van der Waals surface area contributed by atoms with Crippen molar-refractivity contribution in [2.24, 2.45) is 0 Å². The molecule has 2 aromatic rings. The van der Waals surface area contributed by atoms with Crippen LogP contribution in [0.4, 0.5) is 5.69 Å². The fourth-order valence-corrected chi connectivity index (χ4v) is 6.62. The normalized spacial score (nSPS) is 16.1. The molecular formula is C31H43N3O6S. The van der Waals surface area contributed by atoms with E-state index in [1.54, 1.807) is 23.1 Å². The second-order valence-electron chi connectivity index (χ2n) is 11.0. The molecule has 1 aliphatic carbocycles. The van der Waals surface area contributed by atoms with Crippen LogP contribution in [-0.2, 0) is 26.2 Å². The maximum absolute atomic E-state index is 13.7. The predicted molar refractivity (Wildman–Crippen MR) is 160 cm³/mol. The summed E-state index contributed by atoms with van der Waals surface area (Å²) < 4.78 is 37.9. The van der Waals surface area contributed by atoms with Crippen LogP contribution in [0.2, 0.25) is 0 Å². The van der Waals surface area contributed by atoms with E-state index in [1.807, 2.05) is 38.1 Å². The highest BCUT2D eigenvalue weighted by molar-refractivity contribution is 7.92. The minimum Gasteiger partial charge on any atom is -0.486 e. The van der Waals surface area contributed by atoms with Crippen LogP contribution in [0.1, 0.15) is 69.4 Å². The maximum Gasteiger partial charge on any atom is 0.243 e. The summed E-state index contributed by atoms with van der Waals surface area (Å²) in [5, 5.41) is 3.20. The summed E-state index contributed by atoms with van der Waals surface area (Å²) in [7, 11) is -3.62. The van der Waals surface area contributed by atoms with Gasteiger partial charge in [-0.15, -0.1) is 0 Å². The zero-order chi connectivity index (χ0) is 29.4. The fraction of sp³-hybridized carbons (Fsp3) is 0.548. The quantitative estimate of drug-likeness (QED) is 0.391. The van der Waals surface area contributed by atoms with Crippen LogP contribution >= 0.6 is 0 Å². The Morgan fingerprint density at radius 2 is 1.76 bits per heavy atom. The van der Waals surface area contributed by atoms with Crippen molar-refractivity contribution in [3.63, 3.8) is 0 Å². The van der Waals surface area contributed by atoms with Crippen LogP contribution in [-0.4, -0.2) is 63.2 Å². The van der Waals surface area contributed by atoms with E-state index in [0.717, 1.165) is 43.1 Å². The highest BCUT2D eigenvalue weighted by atomic mass is 32.2. The Labute approximate surface area is 244 Å². The molecule has 0 radical (unpaired) electrons. The summed E-state index contributed by atoms with van der Waals surface area (Å²) in [5.41, 5.74) is 2.49. The number of benzene rings is 2. The third-order valence-corrected chi connectivity index (χ3v) is 8.93. The van der Waals surface area contributed by atoms with Crippen LogP contribution in [0.3, 0.4) is 0 Å². The summed E-state index contributed by atoms with van der Waals surface area (Å²) in [6.07, 6.45) is 7.38. The minimum absolute atomic E-state index is 0.107. The van der Waals surface area contributed by atoms with E-state index in [-0.39, 0.29) is 30.8 Å². The summed E-state index contributed by atoms with van der Waals surface area (Å²) in [6.45, 7) is 5.20. The number of nitrogens with one attached hydrogen (secondary N) is 1. The van der Waals surface area contributed by atoms with E-state index in [9.17, 15) is 18.0 Å². The smallest absolute Gasteiger partial charge is 0.243 e. The SMILES string of the molecule is CC[C@@H](C(=O)NC1CCCCC1)N(Cc1cccc(C)c1)C(=O)CCCN(c1ccc2c(c1)OCCO2)S(C)(=O)=O. The van der Waals surface area contributed by atoms with Crippen molar-refractivity contribution in [3.8, 4) is 11.5 Å². The molecule has 0 aromatic heterocycles. The number of carbonyl (C=O) groups excluding carboxylic acids is 2. The number of anilines is 1. The third-order valence-electron chi connectivity index (χ3n) is 7.74. The van der Waals surface area contributed by atoms with Gasteiger partial charge in [-0.1, -0.05) is 56.0 Å². The lowest BCUT2D eigenvalue weighted by Gasteiger charge is -2.33. The van der Waals surface area contributed by atoms with Crippen molar-refractivity contribution in [2.75, 3.05) is 30.3 Å². The first-order valence-electron chi connectivity index (χ1n) is 14.7. The number of rotatable bonds is 12. The molecule has 2 aromatic carbocycles. The second-order valence-corrected chi connectivity index (χ2v) is 13.0. The largest absolute Gasteiger partial charge is 0.486 e. The highest BCUT2D eigenvalue weighted by Crippen LogP contribution is 2.35. The molecule has 0 spiro atoms. The van der Waals surface area contributed by atoms with E-state index in [4.69, 9.17) is 9.47 Å². The number of ether oxygens (including phenoxy) is 2. The molecule has 2 amide bonds. The van der Waals surface area contributed by atoms with E-state index < -0.39 is 16.1 Å². The average Bonchev–Trinajstić information content (AvgIpc) is 2.95. The first kappa shape index (κ1) is 30.7. The number of amides is 2. The average molecular weight is 586 g/mol. The summed E-state index contributed by atoms with van der Waals surface area (Å²) >= 11 is 0. The Morgan fingerprint density at radius 1 is 1.02 bits per heavy atom. The van der Waals surface area contributed by atoms with Crippen molar-refractivity contribution >= 4 is 27.5 Å². The minimum atomic E-state index is -3.62. The van der Waals surface area contributed by atoms with Gasteiger partial charge in [0, 0.05) is 31.6 Å². The molecule has 0 saturated heterocycles. The van der Waals surface area contributed by atoms with Gasteiger partial charge in [-0.3, -0.25) is 13.9 Å². The van der Waals surface area contributed by atoms with Gasteiger partial charge in [-0.2, -0.15) is 0 Å². The van der Waals surface area contributed by atoms with Gasteiger partial charge >= 0.3 is 0 Å². The molecule has 1 heterocycles. The van der Waals surface area contributed by atoms with Crippen LogP contribution in [0.25, 0.3) is 0 Å². The zero-order valence-corrected chi connectivity index (χ0v) is 25.3. The lowest BCUT2D eigenvalue weighted by Crippen LogP contribution is -2.51. The molecule has 9 nitrogen and oxygen atoms in total. The van der Waals surface area contributed by atoms with Crippen molar-refractivity contribution in [2.45, 2.75) is 83.8 Å². The molecule has 41 heavy (non-hydrogen) atoms. The number of hydrogen-bond donors (Lipinski definition) is 1. The van der Waals surface area contributed by atoms with Gasteiger partial charge in [0.05, 0.1) is 11.9 Å². The Morgan fingerprint density at radius 3 is 2.44 bits per heavy atom. The molecule has 1 atom stereocenters. The van der Waals surface area contributed by atoms with E-state index in [0.29, 0.717) is 49.8 Å². The van der Waals surface area contributed by atoms with Gasteiger partial charge in [-0.05, 0) is 50.3 Å². The van der Waals surface area contributed by atoms with E-state index in [2.05, 4.69) is 5.32 Å². The molecule has 224 valence electrons. The number of hydrogen-bond acceptors (Lipinski definition) is 6. The first-order chi connectivity index (χ1) is 19.7. The van der Waals surface area contributed by atoms with Crippen molar-refractivity contribution < 1.29 is 27.5 Å². The Kier molecular flexibility index (Phi) is 10.5. The summed E-state index contributed by atoms with van der Waals surface area (Å²) in [6, 6.07) is 12.5. The molecule has 2 aliphatic rings. The number of carbonyl (C=O) groups is 2. The maximum atomic E-state index is 13.7. The number of fused-ring (bicyclic) bond motifs is 1. The zero-order valence-electron chi connectivity index (χ0n) is 24.4. The second kappa shape index (κ2) is 14.1. The van der Waals surface area contributed by atoms with Gasteiger partial charge in [0.2, 0.25) is 21.8 Å². The van der Waals surface area contributed by atoms with Gasteiger partial charge in [0.1, 0.15) is 19.3 Å². The molecule has 0 unspecified atom stereocenters. The van der Waals surface area contributed by atoms with Crippen molar-refractivity contribution in [3.05, 3.63) is 53.6 Å². The first-order valence-corrected chi connectivity index (χ1v) is 16.5. The summed E-state index contributed by atoms with van der Waals surface area (Å²) in [5.74, 6) is 0.785. The predicted octanol–water partition coefficient (Wildman–Crippen LogP) is 4.57. The van der Waals surface area contributed by atoms with Crippen LogP contribution < -0.4 is 19.1 Å². The lowest BCUT2D eigenvalue weighted by molar-refractivity contribution is -0.141. The highest BCUT2D eigenvalue weighted by Gasteiger charge is 2.30. The van der Waals surface area contributed by atoms with Gasteiger partial charge in [0.15, 0.2) is 11.5 Å². The third kappa shape index (κ3) is 8.38. The molecule has 4 rings (SSSR count). The van der Waals surface area contributed by atoms with E-state index in [1.165, 1.54) is 10.7 Å². The number of sulfonamides is 1. The Balaban J connectivity index is 1.48. The monoisotopic (exact) mass is 585 g/mol. The lowest BCUT2D eigenvalue weighted by atomic mass is 9.95. The molecule has 1 aliphatic heterocycles. The molecule has 10 heteroatoms. The Bertz CT molecular complexity index is 1310. The molecule has 1 saturated carbocycles. The van der Waals surface area contributed by atoms with Crippen molar-refractivity contribution in [1.82, 2.24) is 10.2 Å². The number of aryl methyl sites for hydroxylation is 1. The molecule has 0 bridgehead atoms. The standard InChI is InChI=1S/C31H43N3O6S/c1-4-27(31(36)32-25-12-6-5-7-13-25)33(22-24-11-8-10-23(2)20-24)30(35)14-9-17-34(41(3,37)38)26-15-16-28-29(21-26)40-19-18-39-28/h8,10-11,15-16,20-21,25,27H,4-7,9,12-14,17-19,22H2,1-3H3,(H,32,36)/t27-/m0/s1. The fourth-order valence-electron chi connectivity index (χ4n) is 5.66. The molecular weight excluding hydrogens is 542 g/mol. The summed E-state index contributed by atoms with van der Waals surface area (Å²) in [4.78, 5) is 28.8. The van der Waals surface area contributed by atoms with Gasteiger partial charge in [0.25, 0.3) is 0 Å². The number of nitrogens with zero attached hydrogens (tertiary/aromatic N) is 2. The molecule has 1 N–H and O–H groups in total. The van der Waals surface area contributed by atoms with Gasteiger partial charge in [-0.25, -0.2) is 8.42 Å². The van der Waals surface area contributed by atoms with Crippen molar-refractivity contribution in [1.29, 1.82) is 0 Å². The molecule has 1 fully saturated rings. The van der Waals surface area contributed by atoms with Gasteiger partial charge < -0.3 is 19.7 Å². The van der Waals surface area contributed by atoms with Crippen LogP contribution in [0, 0.1) is 6.92 Å².